The second-order valence-electron chi connectivity index (χ2n) is 4.52. The minimum Gasteiger partial charge on any atom is -0.481 e. The van der Waals surface area contributed by atoms with Crippen LogP contribution in [0.5, 0.6) is 0 Å². The van der Waals surface area contributed by atoms with E-state index in [9.17, 15) is 9.59 Å². The Morgan fingerprint density at radius 1 is 1.28 bits per heavy atom. The maximum atomic E-state index is 11.1. The molecule has 0 radical (unpaired) electrons. The van der Waals surface area contributed by atoms with Gasteiger partial charge in [-0.2, -0.15) is 0 Å². The highest BCUT2D eigenvalue weighted by molar-refractivity contribution is 5.73. The van der Waals surface area contributed by atoms with Gasteiger partial charge in [-0.3, -0.25) is 9.59 Å². The van der Waals surface area contributed by atoms with Crippen molar-refractivity contribution < 1.29 is 14.7 Å². The molecule has 98 valence electrons. The van der Waals surface area contributed by atoms with Crippen molar-refractivity contribution in [2.75, 3.05) is 0 Å². The summed E-state index contributed by atoms with van der Waals surface area (Å²) in [4.78, 5) is 21.7. The predicted octanol–water partition coefficient (Wildman–Crippen LogP) is 1.91. The summed E-state index contributed by atoms with van der Waals surface area (Å²) in [6.45, 7) is 3.46. The number of rotatable bonds is 6. The quantitative estimate of drug-likeness (QED) is 0.809. The van der Waals surface area contributed by atoms with Gasteiger partial charge in [0.25, 0.3) is 0 Å². The number of benzene rings is 1. The number of amides is 1. The van der Waals surface area contributed by atoms with Gasteiger partial charge in [-0.05, 0) is 25.3 Å². The van der Waals surface area contributed by atoms with Gasteiger partial charge in [0.1, 0.15) is 0 Å². The van der Waals surface area contributed by atoms with Crippen molar-refractivity contribution in [1.82, 2.24) is 5.32 Å². The molecule has 1 unspecified atom stereocenters. The molecule has 4 heteroatoms. The van der Waals surface area contributed by atoms with Gasteiger partial charge in [0.2, 0.25) is 5.91 Å². The molecule has 0 bridgehead atoms. The van der Waals surface area contributed by atoms with E-state index in [1.165, 1.54) is 12.5 Å². The fraction of sp³-hybridized carbons (Fsp3) is 0.429. The molecule has 0 spiro atoms. The lowest BCUT2D eigenvalue weighted by Gasteiger charge is -2.17. The molecule has 1 rings (SSSR count). The number of aryl methyl sites for hydroxylation is 1. The van der Waals surface area contributed by atoms with Gasteiger partial charge in [-0.1, -0.05) is 29.8 Å². The number of nitrogens with one attached hydrogen (secondary N) is 1. The Bertz CT molecular complexity index is 412. The smallest absolute Gasteiger partial charge is 0.303 e. The molecule has 0 aliphatic rings. The zero-order valence-corrected chi connectivity index (χ0v) is 10.8. The molecular weight excluding hydrogens is 230 g/mol. The Morgan fingerprint density at radius 2 is 1.89 bits per heavy atom. The Labute approximate surface area is 107 Å². The van der Waals surface area contributed by atoms with Crippen molar-refractivity contribution in [2.24, 2.45) is 0 Å². The summed E-state index contributed by atoms with van der Waals surface area (Å²) >= 11 is 0. The van der Waals surface area contributed by atoms with Crippen LogP contribution in [0.1, 0.15) is 30.9 Å². The van der Waals surface area contributed by atoms with Crippen molar-refractivity contribution >= 4 is 11.9 Å². The first-order valence-electron chi connectivity index (χ1n) is 6.02. The first kappa shape index (κ1) is 14.2. The van der Waals surface area contributed by atoms with E-state index in [-0.39, 0.29) is 18.4 Å². The predicted molar refractivity (Wildman–Crippen MR) is 69.4 cm³/mol. The van der Waals surface area contributed by atoms with Crippen LogP contribution in [0, 0.1) is 6.92 Å². The van der Waals surface area contributed by atoms with Crippen LogP contribution < -0.4 is 5.32 Å². The van der Waals surface area contributed by atoms with Crippen molar-refractivity contribution in [3.05, 3.63) is 35.4 Å². The van der Waals surface area contributed by atoms with Crippen LogP contribution in [-0.2, 0) is 16.0 Å². The molecule has 1 aromatic rings. The number of hydrogen-bond donors (Lipinski definition) is 2. The van der Waals surface area contributed by atoms with Crippen LogP contribution in [0.15, 0.2) is 24.3 Å². The normalized spacial score (nSPS) is 11.9. The lowest BCUT2D eigenvalue weighted by molar-refractivity contribution is -0.137. The summed E-state index contributed by atoms with van der Waals surface area (Å²) < 4.78 is 0. The number of aliphatic carboxylic acids is 1. The molecule has 18 heavy (non-hydrogen) atoms. The van der Waals surface area contributed by atoms with E-state index in [1.54, 1.807) is 0 Å². The number of hydrogen-bond acceptors (Lipinski definition) is 2. The Balaban J connectivity index is 2.61. The largest absolute Gasteiger partial charge is 0.481 e. The van der Waals surface area contributed by atoms with E-state index in [0.29, 0.717) is 12.8 Å². The van der Waals surface area contributed by atoms with Crippen LogP contribution in [0.3, 0.4) is 0 Å². The van der Waals surface area contributed by atoms with Crippen molar-refractivity contribution in [3.8, 4) is 0 Å². The number of carbonyl (C=O) groups excluding carboxylic acids is 1. The molecule has 0 aromatic heterocycles. The highest BCUT2D eigenvalue weighted by Crippen LogP contribution is 2.09. The second kappa shape index (κ2) is 6.79. The zero-order chi connectivity index (χ0) is 13.5. The summed E-state index contributed by atoms with van der Waals surface area (Å²) in [5.74, 6) is -0.966. The fourth-order valence-electron chi connectivity index (χ4n) is 1.82. The van der Waals surface area contributed by atoms with Crippen molar-refractivity contribution in [3.63, 3.8) is 0 Å². The van der Waals surface area contributed by atoms with E-state index in [1.807, 2.05) is 31.2 Å². The Kier molecular flexibility index (Phi) is 5.36. The SMILES string of the molecule is CC(=O)NC(CCC(=O)O)Cc1ccc(C)cc1. The Morgan fingerprint density at radius 3 is 2.39 bits per heavy atom. The van der Waals surface area contributed by atoms with Crippen LogP contribution in [0.2, 0.25) is 0 Å². The summed E-state index contributed by atoms with van der Waals surface area (Å²) in [7, 11) is 0. The van der Waals surface area contributed by atoms with Crippen LogP contribution in [0.4, 0.5) is 0 Å². The maximum Gasteiger partial charge on any atom is 0.303 e. The topological polar surface area (TPSA) is 66.4 Å². The molecule has 1 amide bonds. The third-order valence-corrected chi connectivity index (χ3v) is 2.72. The van der Waals surface area contributed by atoms with Crippen molar-refractivity contribution in [1.29, 1.82) is 0 Å². The minimum atomic E-state index is -0.839. The maximum absolute atomic E-state index is 11.1. The van der Waals surface area contributed by atoms with Gasteiger partial charge < -0.3 is 10.4 Å². The van der Waals surface area contributed by atoms with Gasteiger partial charge in [-0.25, -0.2) is 0 Å². The average Bonchev–Trinajstić information content (AvgIpc) is 2.28. The van der Waals surface area contributed by atoms with Crippen LogP contribution in [-0.4, -0.2) is 23.0 Å². The van der Waals surface area contributed by atoms with E-state index in [0.717, 1.165) is 5.56 Å². The van der Waals surface area contributed by atoms with Gasteiger partial charge in [0, 0.05) is 19.4 Å². The molecule has 0 aliphatic carbocycles. The van der Waals surface area contributed by atoms with Gasteiger partial charge in [-0.15, -0.1) is 0 Å². The van der Waals surface area contributed by atoms with Gasteiger partial charge >= 0.3 is 5.97 Å². The Hall–Kier alpha value is -1.84. The number of carboxylic acids is 1. The van der Waals surface area contributed by atoms with Gasteiger partial charge in [0.15, 0.2) is 0 Å². The van der Waals surface area contributed by atoms with E-state index in [2.05, 4.69) is 5.32 Å². The van der Waals surface area contributed by atoms with Crippen LogP contribution >= 0.6 is 0 Å². The van der Waals surface area contributed by atoms with E-state index in [4.69, 9.17) is 5.11 Å². The lowest BCUT2D eigenvalue weighted by atomic mass is 10.0. The molecule has 1 atom stereocenters. The second-order valence-corrected chi connectivity index (χ2v) is 4.52. The molecule has 0 saturated heterocycles. The highest BCUT2D eigenvalue weighted by Gasteiger charge is 2.12. The molecule has 0 saturated carbocycles. The van der Waals surface area contributed by atoms with Crippen molar-refractivity contribution in [2.45, 2.75) is 39.2 Å². The van der Waals surface area contributed by atoms with Gasteiger partial charge in [0.05, 0.1) is 0 Å². The summed E-state index contributed by atoms with van der Waals surface area (Å²) in [5.41, 5.74) is 2.28. The molecule has 0 heterocycles. The number of carbonyl (C=O) groups is 2. The molecular formula is C14H19NO3. The highest BCUT2D eigenvalue weighted by atomic mass is 16.4. The molecule has 0 aliphatic heterocycles. The third kappa shape index (κ3) is 5.48. The fourth-order valence-corrected chi connectivity index (χ4v) is 1.82. The number of carboxylic acid groups (broad SMARTS) is 1. The first-order chi connectivity index (χ1) is 8.47. The molecule has 1 aromatic carbocycles. The zero-order valence-electron chi connectivity index (χ0n) is 10.8. The van der Waals surface area contributed by atoms with Crippen LogP contribution in [0.25, 0.3) is 0 Å². The standard InChI is InChI=1S/C14H19NO3/c1-10-3-5-12(6-4-10)9-13(15-11(2)16)7-8-14(17)18/h3-6,13H,7-9H2,1-2H3,(H,15,16)(H,17,18). The van der Waals surface area contributed by atoms with E-state index < -0.39 is 5.97 Å². The summed E-state index contributed by atoms with van der Waals surface area (Å²) in [5, 5.41) is 11.5. The first-order valence-corrected chi connectivity index (χ1v) is 6.02. The molecule has 0 fully saturated rings. The summed E-state index contributed by atoms with van der Waals surface area (Å²) in [6, 6.07) is 7.91. The molecule has 2 N–H and O–H groups in total. The monoisotopic (exact) mass is 249 g/mol. The summed E-state index contributed by atoms with van der Waals surface area (Å²) in [6.07, 6.45) is 1.17. The lowest BCUT2D eigenvalue weighted by Crippen LogP contribution is -2.35. The molecule has 4 nitrogen and oxygen atoms in total. The third-order valence-electron chi connectivity index (χ3n) is 2.72. The van der Waals surface area contributed by atoms with E-state index >= 15 is 0 Å². The average molecular weight is 249 g/mol. The minimum absolute atomic E-state index is 0.0663.